The van der Waals surface area contributed by atoms with E-state index in [1.54, 1.807) is 12.1 Å². The summed E-state index contributed by atoms with van der Waals surface area (Å²) in [6.07, 6.45) is 0.701. The van der Waals surface area contributed by atoms with E-state index in [1.165, 1.54) is 11.8 Å². The highest BCUT2D eigenvalue weighted by Crippen LogP contribution is 2.29. The largest absolute Gasteiger partial charge is 0.508 e. The number of phenolic OH excluding ortho intramolecular Hbond substituents is 1. The summed E-state index contributed by atoms with van der Waals surface area (Å²) in [5.74, 6) is 0.228. The number of rotatable bonds is 7. The number of nitrogens with one attached hydrogen (secondary N) is 2. The standard InChI is InChI=1S/C22H25N3O2S.ClH/c1-4-19(21(27)23-14(2)16-8-6-5-7-9-16)28-22-24-15(3)20(25-22)17-10-12-18(26)13-11-17;/h5-14,19,26H,4H2,1-3H3,(H,23,27)(H,24,25);1H. The zero-order chi connectivity index (χ0) is 20.1. The van der Waals surface area contributed by atoms with Gasteiger partial charge in [0.05, 0.1) is 17.0 Å². The average Bonchev–Trinajstić information content (AvgIpc) is 3.07. The first-order chi connectivity index (χ1) is 13.5. The summed E-state index contributed by atoms with van der Waals surface area (Å²) >= 11 is 1.44. The summed E-state index contributed by atoms with van der Waals surface area (Å²) in [7, 11) is 0. The van der Waals surface area contributed by atoms with Gasteiger partial charge in [0.1, 0.15) is 5.75 Å². The van der Waals surface area contributed by atoms with Gasteiger partial charge in [0, 0.05) is 11.3 Å². The molecule has 0 spiro atoms. The summed E-state index contributed by atoms with van der Waals surface area (Å²) < 4.78 is 0. The van der Waals surface area contributed by atoms with Gasteiger partial charge in [-0.15, -0.1) is 12.4 Å². The average molecular weight is 432 g/mol. The number of carbonyl (C=O) groups excluding carboxylic acids is 1. The van der Waals surface area contributed by atoms with Crippen LogP contribution in [0, 0.1) is 6.92 Å². The molecule has 7 heteroatoms. The maximum Gasteiger partial charge on any atom is 0.234 e. The van der Waals surface area contributed by atoms with Gasteiger partial charge in [-0.3, -0.25) is 4.79 Å². The van der Waals surface area contributed by atoms with Crippen LogP contribution in [0.1, 0.15) is 37.6 Å². The van der Waals surface area contributed by atoms with Crippen molar-refractivity contribution in [3.05, 3.63) is 65.9 Å². The molecule has 1 amide bonds. The molecule has 0 radical (unpaired) electrons. The lowest BCUT2D eigenvalue weighted by Gasteiger charge is -2.18. The van der Waals surface area contributed by atoms with Gasteiger partial charge in [0.15, 0.2) is 5.16 Å². The second-order valence-corrected chi connectivity index (χ2v) is 7.91. The number of H-pyrrole nitrogens is 1. The molecule has 0 fully saturated rings. The van der Waals surface area contributed by atoms with E-state index in [1.807, 2.05) is 63.2 Å². The summed E-state index contributed by atoms with van der Waals surface area (Å²) in [6.45, 7) is 5.95. The van der Waals surface area contributed by atoms with E-state index in [0.717, 1.165) is 27.7 Å². The molecule has 5 nitrogen and oxygen atoms in total. The Kier molecular flexibility index (Phi) is 8.17. The van der Waals surface area contributed by atoms with Crippen LogP contribution >= 0.6 is 24.2 Å². The van der Waals surface area contributed by atoms with E-state index in [2.05, 4.69) is 15.3 Å². The van der Waals surface area contributed by atoms with Crippen molar-refractivity contribution < 1.29 is 9.90 Å². The molecular weight excluding hydrogens is 406 g/mol. The van der Waals surface area contributed by atoms with Gasteiger partial charge in [-0.25, -0.2) is 4.98 Å². The van der Waals surface area contributed by atoms with Gasteiger partial charge in [-0.05, 0) is 50.1 Å². The van der Waals surface area contributed by atoms with Crippen LogP contribution in [0.5, 0.6) is 5.75 Å². The van der Waals surface area contributed by atoms with Gasteiger partial charge in [0.2, 0.25) is 5.91 Å². The fraction of sp³-hybridized carbons (Fsp3) is 0.273. The highest BCUT2D eigenvalue weighted by Gasteiger charge is 2.22. The van der Waals surface area contributed by atoms with Gasteiger partial charge in [0.25, 0.3) is 0 Å². The molecule has 2 atom stereocenters. The second kappa shape index (κ2) is 10.4. The number of aromatic amines is 1. The van der Waals surface area contributed by atoms with Gasteiger partial charge < -0.3 is 15.4 Å². The van der Waals surface area contributed by atoms with Crippen LogP contribution < -0.4 is 5.32 Å². The summed E-state index contributed by atoms with van der Waals surface area (Å²) in [5.41, 5.74) is 3.77. The molecular formula is C22H26ClN3O2S. The highest BCUT2D eigenvalue weighted by molar-refractivity contribution is 8.00. The Bertz CT molecular complexity index is 929. The monoisotopic (exact) mass is 431 g/mol. The minimum Gasteiger partial charge on any atom is -0.508 e. The molecule has 0 aliphatic carbocycles. The summed E-state index contributed by atoms with van der Waals surface area (Å²) in [4.78, 5) is 20.7. The third-order valence-electron chi connectivity index (χ3n) is 4.58. The van der Waals surface area contributed by atoms with Crippen molar-refractivity contribution in [2.75, 3.05) is 0 Å². The lowest BCUT2D eigenvalue weighted by Crippen LogP contribution is -2.34. The van der Waals surface area contributed by atoms with E-state index in [-0.39, 0.29) is 35.4 Å². The zero-order valence-electron chi connectivity index (χ0n) is 16.7. The number of benzene rings is 2. The molecule has 2 aromatic carbocycles. The van der Waals surface area contributed by atoms with Gasteiger partial charge in [-0.1, -0.05) is 49.0 Å². The third kappa shape index (κ3) is 5.78. The van der Waals surface area contributed by atoms with E-state index in [9.17, 15) is 9.90 Å². The number of aryl methyl sites for hydroxylation is 1. The normalized spacial score (nSPS) is 12.7. The molecule has 0 saturated carbocycles. The van der Waals surface area contributed by atoms with E-state index in [0.29, 0.717) is 6.42 Å². The highest BCUT2D eigenvalue weighted by atomic mass is 35.5. The van der Waals surface area contributed by atoms with Crippen LogP contribution in [-0.4, -0.2) is 26.2 Å². The van der Waals surface area contributed by atoms with Crippen molar-refractivity contribution in [3.63, 3.8) is 0 Å². The van der Waals surface area contributed by atoms with Crippen molar-refractivity contribution in [3.8, 4) is 17.0 Å². The Morgan fingerprint density at radius 3 is 2.45 bits per heavy atom. The third-order valence-corrected chi connectivity index (χ3v) is 5.83. The Morgan fingerprint density at radius 2 is 1.83 bits per heavy atom. The number of halogens is 1. The minimum absolute atomic E-state index is 0. The second-order valence-electron chi connectivity index (χ2n) is 6.72. The van der Waals surface area contributed by atoms with Crippen LogP contribution in [0.4, 0.5) is 0 Å². The molecule has 29 heavy (non-hydrogen) atoms. The van der Waals surface area contributed by atoms with Crippen LogP contribution in [0.25, 0.3) is 11.3 Å². The maximum absolute atomic E-state index is 12.8. The molecule has 2 unspecified atom stereocenters. The zero-order valence-corrected chi connectivity index (χ0v) is 18.3. The lowest BCUT2D eigenvalue weighted by atomic mass is 10.1. The van der Waals surface area contributed by atoms with Crippen molar-refractivity contribution in [1.82, 2.24) is 15.3 Å². The molecule has 154 valence electrons. The first-order valence-electron chi connectivity index (χ1n) is 9.36. The van der Waals surface area contributed by atoms with E-state index < -0.39 is 0 Å². The molecule has 0 saturated heterocycles. The van der Waals surface area contributed by atoms with Gasteiger partial charge in [-0.2, -0.15) is 0 Å². The van der Waals surface area contributed by atoms with Gasteiger partial charge >= 0.3 is 0 Å². The molecule has 3 N–H and O–H groups in total. The first kappa shape index (κ1) is 22.8. The number of thioether (sulfide) groups is 1. The van der Waals surface area contributed by atoms with Crippen LogP contribution in [0.2, 0.25) is 0 Å². The lowest BCUT2D eigenvalue weighted by molar-refractivity contribution is -0.121. The Morgan fingerprint density at radius 1 is 1.17 bits per heavy atom. The van der Waals surface area contributed by atoms with E-state index >= 15 is 0 Å². The SMILES string of the molecule is CCC(Sc1nc(-c2ccc(O)cc2)c(C)[nH]1)C(=O)NC(C)c1ccccc1.Cl. The predicted octanol–water partition coefficient (Wildman–Crippen LogP) is 5.26. The predicted molar refractivity (Wildman–Crippen MR) is 121 cm³/mol. The Balaban J connectivity index is 0.00000300. The van der Waals surface area contributed by atoms with Crippen molar-refractivity contribution >= 4 is 30.1 Å². The van der Waals surface area contributed by atoms with Crippen LogP contribution in [0.15, 0.2) is 59.8 Å². The smallest absolute Gasteiger partial charge is 0.234 e. The van der Waals surface area contributed by atoms with E-state index in [4.69, 9.17) is 0 Å². The molecule has 3 aromatic rings. The fourth-order valence-corrected chi connectivity index (χ4v) is 3.94. The molecule has 1 aromatic heterocycles. The van der Waals surface area contributed by atoms with Crippen molar-refractivity contribution in [2.24, 2.45) is 0 Å². The number of hydrogen-bond acceptors (Lipinski definition) is 4. The molecule has 0 bridgehead atoms. The topological polar surface area (TPSA) is 78.0 Å². The number of aromatic nitrogens is 2. The molecule has 0 aliphatic rings. The quantitative estimate of drug-likeness (QED) is 0.446. The minimum atomic E-state index is -0.232. The molecule has 1 heterocycles. The first-order valence-corrected chi connectivity index (χ1v) is 10.2. The number of aromatic hydroxyl groups is 1. The number of carbonyl (C=O) groups is 1. The molecule has 3 rings (SSSR count). The van der Waals surface area contributed by atoms with Crippen molar-refractivity contribution in [1.29, 1.82) is 0 Å². The number of phenols is 1. The van der Waals surface area contributed by atoms with Crippen molar-refractivity contribution in [2.45, 2.75) is 43.6 Å². The van der Waals surface area contributed by atoms with Crippen LogP contribution in [-0.2, 0) is 4.79 Å². The summed E-state index contributed by atoms with van der Waals surface area (Å²) in [6, 6.07) is 16.8. The Labute approximate surface area is 181 Å². The number of amides is 1. The van der Waals surface area contributed by atoms with Crippen LogP contribution in [0.3, 0.4) is 0 Å². The summed E-state index contributed by atoms with van der Waals surface area (Å²) in [5, 5.41) is 13.1. The fourth-order valence-electron chi connectivity index (χ4n) is 2.98. The number of nitrogens with zero attached hydrogens (tertiary/aromatic N) is 1. The maximum atomic E-state index is 12.8. The Hall–Kier alpha value is -2.44. The number of hydrogen-bond donors (Lipinski definition) is 3. The number of imidazole rings is 1. The molecule has 0 aliphatic heterocycles.